The van der Waals surface area contributed by atoms with E-state index in [-0.39, 0.29) is 17.2 Å². The highest BCUT2D eigenvalue weighted by Crippen LogP contribution is 2.22. The number of hydrogen-bond acceptors (Lipinski definition) is 3. The highest BCUT2D eigenvalue weighted by Gasteiger charge is 2.24. The summed E-state index contributed by atoms with van der Waals surface area (Å²) in [5, 5.41) is 0. The molecule has 0 radical (unpaired) electrons. The molecule has 0 fully saturated rings. The first-order chi connectivity index (χ1) is 9.66. The van der Waals surface area contributed by atoms with Crippen LogP contribution in [0.4, 0.5) is 10.1 Å². The highest BCUT2D eigenvalue weighted by atomic mass is 19.1. The number of halogens is 1. The molecular weight excluding hydrogens is 257 g/mol. The summed E-state index contributed by atoms with van der Waals surface area (Å²) in [7, 11) is 0. The number of nitrogens with two attached hydrogens (primary N) is 1. The molecular formula is C15H14FN3O. The van der Waals surface area contributed by atoms with E-state index in [9.17, 15) is 9.18 Å². The van der Waals surface area contributed by atoms with Crippen molar-refractivity contribution in [3.8, 4) is 0 Å². The quantitative estimate of drug-likeness (QED) is 0.807. The first-order valence-corrected chi connectivity index (χ1v) is 6.43. The molecule has 0 atom stereocenters. The fourth-order valence-corrected chi connectivity index (χ4v) is 2.43. The number of pyridine rings is 1. The van der Waals surface area contributed by atoms with Crippen LogP contribution in [0.5, 0.6) is 0 Å². The number of benzene rings is 1. The largest absolute Gasteiger partial charge is 0.396 e. The summed E-state index contributed by atoms with van der Waals surface area (Å²) >= 11 is 0. The van der Waals surface area contributed by atoms with Crippen LogP contribution in [0.1, 0.15) is 21.6 Å². The summed E-state index contributed by atoms with van der Waals surface area (Å²) in [5.74, 6) is -0.800. The van der Waals surface area contributed by atoms with Crippen molar-refractivity contribution in [2.75, 3.05) is 12.3 Å². The van der Waals surface area contributed by atoms with Crippen molar-refractivity contribution >= 4 is 11.6 Å². The SMILES string of the molecule is Nc1c(F)cccc1C(=O)N1CCc2ncccc2C1. The summed E-state index contributed by atoms with van der Waals surface area (Å²) in [6, 6.07) is 8.11. The highest BCUT2D eigenvalue weighted by molar-refractivity contribution is 5.99. The number of fused-ring (bicyclic) bond motifs is 1. The maximum Gasteiger partial charge on any atom is 0.256 e. The Kier molecular flexibility index (Phi) is 3.10. The van der Waals surface area contributed by atoms with Gasteiger partial charge in [-0.2, -0.15) is 0 Å². The molecule has 0 unspecified atom stereocenters. The fourth-order valence-electron chi connectivity index (χ4n) is 2.43. The summed E-state index contributed by atoms with van der Waals surface area (Å²) in [6.45, 7) is 1.05. The van der Waals surface area contributed by atoms with E-state index in [0.717, 1.165) is 11.3 Å². The standard InChI is InChI=1S/C15H14FN3O/c16-12-5-1-4-11(14(12)17)15(20)19-8-6-13-10(9-19)3-2-7-18-13/h1-5,7H,6,8-9,17H2. The van der Waals surface area contributed by atoms with Gasteiger partial charge in [-0.1, -0.05) is 12.1 Å². The van der Waals surface area contributed by atoms with E-state index in [4.69, 9.17) is 5.73 Å². The lowest BCUT2D eigenvalue weighted by Gasteiger charge is -2.28. The molecule has 1 aliphatic rings. The third-order valence-electron chi connectivity index (χ3n) is 3.53. The molecule has 3 rings (SSSR count). The number of carbonyl (C=O) groups is 1. The second-order valence-electron chi connectivity index (χ2n) is 4.79. The molecule has 0 saturated heterocycles. The molecule has 2 heterocycles. The molecule has 0 spiro atoms. The average molecular weight is 271 g/mol. The molecule has 0 saturated carbocycles. The van der Waals surface area contributed by atoms with Gasteiger partial charge in [-0.15, -0.1) is 0 Å². The van der Waals surface area contributed by atoms with Crippen LogP contribution in [0.25, 0.3) is 0 Å². The summed E-state index contributed by atoms with van der Waals surface area (Å²) in [4.78, 5) is 18.4. The van der Waals surface area contributed by atoms with Gasteiger partial charge in [0, 0.05) is 31.4 Å². The third kappa shape index (κ3) is 2.11. The Morgan fingerprint density at radius 2 is 2.15 bits per heavy atom. The van der Waals surface area contributed by atoms with Crippen molar-refractivity contribution in [1.29, 1.82) is 0 Å². The van der Waals surface area contributed by atoms with E-state index in [0.29, 0.717) is 19.5 Å². The first-order valence-electron chi connectivity index (χ1n) is 6.43. The van der Waals surface area contributed by atoms with E-state index >= 15 is 0 Å². The van der Waals surface area contributed by atoms with Crippen molar-refractivity contribution in [3.05, 3.63) is 59.2 Å². The Balaban J connectivity index is 1.88. The predicted octanol–water partition coefficient (Wildman–Crippen LogP) is 2.00. The number of amides is 1. The normalized spacial score (nSPS) is 13.9. The zero-order valence-corrected chi connectivity index (χ0v) is 10.8. The van der Waals surface area contributed by atoms with E-state index in [2.05, 4.69) is 4.98 Å². The minimum Gasteiger partial charge on any atom is -0.396 e. The molecule has 102 valence electrons. The van der Waals surface area contributed by atoms with Gasteiger partial charge in [0.05, 0.1) is 11.3 Å². The molecule has 2 aromatic rings. The number of hydrogen-bond donors (Lipinski definition) is 1. The van der Waals surface area contributed by atoms with Crippen molar-refractivity contribution in [1.82, 2.24) is 9.88 Å². The molecule has 5 heteroatoms. The number of nitrogens with zero attached hydrogens (tertiary/aromatic N) is 2. The Morgan fingerprint density at radius 3 is 3.00 bits per heavy atom. The number of nitrogen functional groups attached to an aromatic ring is 1. The van der Waals surface area contributed by atoms with Crippen LogP contribution in [-0.4, -0.2) is 22.3 Å². The van der Waals surface area contributed by atoms with E-state index < -0.39 is 5.82 Å². The Bertz CT molecular complexity index is 672. The number of rotatable bonds is 1. The van der Waals surface area contributed by atoms with Gasteiger partial charge in [-0.25, -0.2) is 4.39 Å². The summed E-state index contributed by atoms with van der Waals surface area (Å²) < 4.78 is 13.4. The van der Waals surface area contributed by atoms with Crippen LogP contribution in [-0.2, 0) is 13.0 Å². The van der Waals surface area contributed by atoms with Gasteiger partial charge >= 0.3 is 0 Å². The van der Waals surface area contributed by atoms with E-state index in [1.54, 1.807) is 17.2 Å². The summed E-state index contributed by atoms with van der Waals surface area (Å²) in [5.41, 5.74) is 7.83. The van der Waals surface area contributed by atoms with Crippen LogP contribution in [0.2, 0.25) is 0 Å². The van der Waals surface area contributed by atoms with E-state index in [1.807, 2.05) is 12.1 Å². The van der Waals surface area contributed by atoms with Gasteiger partial charge < -0.3 is 10.6 Å². The molecule has 0 aliphatic carbocycles. The lowest BCUT2D eigenvalue weighted by atomic mass is 10.0. The smallest absolute Gasteiger partial charge is 0.256 e. The topological polar surface area (TPSA) is 59.2 Å². The van der Waals surface area contributed by atoms with Gasteiger partial charge in [0.25, 0.3) is 5.91 Å². The lowest BCUT2D eigenvalue weighted by Crippen LogP contribution is -2.36. The van der Waals surface area contributed by atoms with Gasteiger partial charge in [0.1, 0.15) is 5.82 Å². The van der Waals surface area contributed by atoms with Crippen LogP contribution >= 0.6 is 0 Å². The zero-order valence-electron chi connectivity index (χ0n) is 10.8. The fraction of sp³-hybridized carbons (Fsp3) is 0.200. The molecule has 1 aromatic heterocycles. The zero-order chi connectivity index (χ0) is 14.1. The second kappa shape index (κ2) is 4.92. The molecule has 20 heavy (non-hydrogen) atoms. The molecule has 2 N–H and O–H groups in total. The van der Waals surface area contributed by atoms with Gasteiger partial charge in [-0.3, -0.25) is 9.78 Å². The average Bonchev–Trinajstić information content (AvgIpc) is 2.49. The van der Waals surface area contributed by atoms with Crippen molar-refractivity contribution < 1.29 is 9.18 Å². The van der Waals surface area contributed by atoms with Crippen LogP contribution in [0, 0.1) is 5.82 Å². The number of carbonyl (C=O) groups excluding carboxylic acids is 1. The predicted molar refractivity (Wildman–Crippen MR) is 73.5 cm³/mol. The Morgan fingerprint density at radius 1 is 1.30 bits per heavy atom. The van der Waals surface area contributed by atoms with Crippen LogP contribution in [0.15, 0.2) is 36.5 Å². The van der Waals surface area contributed by atoms with Gasteiger partial charge in [0.15, 0.2) is 0 Å². The number of anilines is 1. The first kappa shape index (κ1) is 12.6. The van der Waals surface area contributed by atoms with E-state index in [1.165, 1.54) is 12.1 Å². The third-order valence-corrected chi connectivity index (χ3v) is 3.53. The molecule has 4 nitrogen and oxygen atoms in total. The van der Waals surface area contributed by atoms with Gasteiger partial charge in [-0.05, 0) is 23.8 Å². The van der Waals surface area contributed by atoms with Crippen LogP contribution < -0.4 is 5.73 Å². The maximum absolute atomic E-state index is 13.4. The molecule has 1 amide bonds. The maximum atomic E-state index is 13.4. The Labute approximate surface area is 116 Å². The lowest BCUT2D eigenvalue weighted by molar-refractivity contribution is 0.0734. The number of aromatic nitrogens is 1. The van der Waals surface area contributed by atoms with Gasteiger partial charge in [0.2, 0.25) is 0 Å². The van der Waals surface area contributed by atoms with Crippen LogP contribution in [0.3, 0.4) is 0 Å². The monoisotopic (exact) mass is 271 g/mol. The number of para-hydroxylation sites is 1. The van der Waals surface area contributed by atoms with Crippen molar-refractivity contribution in [2.24, 2.45) is 0 Å². The molecule has 1 aliphatic heterocycles. The Hall–Kier alpha value is -2.43. The minimum atomic E-state index is -0.560. The van der Waals surface area contributed by atoms with Crippen molar-refractivity contribution in [3.63, 3.8) is 0 Å². The van der Waals surface area contributed by atoms with Crippen molar-refractivity contribution in [2.45, 2.75) is 13.0 Å². The summed E-state index contributed by atoms with van der Waals surface area (Å²) in [6.07, 6.45) is 2.46. The molecule has 0 bridgehead atoms. The minimum absolute atomic E-state index is 0.0884. The molecule has 1 aromatic carbocycles. The second-order valence-corrected chi connectivity index (χ2v) is 4.79.